The highest BCUT2D eigenvalue weighted by atomic mass is 35.5. The van der Waals surface area contributed by atoms with E-state index in [-0.39, 0.29) is 0 Å². The lowest BCUT2D eigenvalue weighted by Gasteiger charge is -2.31. The fraction of sp³-hybridized carbons (Fsp3) is 0.333. The van der Waals surface area contributed by atoms with Crippen molar-refractivity contribution in [2.75, 3.05) is 5.32 Å². The van der Waals surface area contributed by atoms with E-state index < -0.39 is 0 Å². The third-order valence-corrected chi connectivity index (χ3v) is 3.24. The third-order valence-electron chi connectivity index (χ3n) is 2.88. The largest absolute Gasteiger partial charge is 0.366 e. The first kappa shape index (κ1) is 9.85. The summed E-state index contributed by atoms with van der Waals surface area (Å²) in [4.78, 5) is 8.86. The SMILES string of the molecule is ClC1CC(Nc2cnc3ccccc3n2)C1. The second kappa shape index (κ2) is 3.91. The summed E-state index contributed by atoms with van der Waals surface area (Å²) in [6.45, 7) is 0. The number of benzene rings is 1. The fourth-order valence-corrected chi connectivity index (χ4v) is 2.33. The number of halogens is 1. The van der Waals surface area contributed by atoms with Crippen LogP contribution in [0.4, 0.5) is 5.82 Å². The highest BCUT2D eigenvalue weighted by Gasteiger charge is 2.27. The average molecular weight is 234 g/mol. The molecule has 0 aliphatic heterocycles. The van der Waals surface area contributed by atoms with Crippen LogP contribution in [-0.4, -0.2) is 21.4 Å². The molecule has 1 aliphatic rings. The minimum absolute atomic E-state index is 0.325. The van der Waals surface area contributed by atoms with Crippen LogP contribution in [0.3, 0.4) is 0 Å². The van der Waals surface area contributed by atoms with Gasteiger partial charge in [0.2, 0.25) is 0 Å². The van der Waals surface area contributed by atoms with Crippen LogP contribution < -0.4 is 5.32 Å². The van der Waals surface area contributed by atoms with Crippen molar-refractivity contribution < 1.29 is 0 Å². The standard InChI is InChI=1S/C12H12ClN3/c13-8-5-9(6-8)15-12-7-14-10-3-1-2-4-11(10)16-12/h1-4,7-9H,5-6H2,(H,15,16). The molecule has 3 rings (SSSR count). The summed E-state index contributed by atoms with van der Waals surface area (Å²) in [7, 11) is 0. The van der Waals surface area contributed by atoms with Gasteiger partial charge in [0.15, 0.2) is 0 Å². The van der Waals surface area contributed by atoms with Gasteiger partial charge in [-0.15, -0.1) is 11.6 Å². The van der Waals surface area contributed by atoms with E-state index in [2.05, 4.69) is 15.3 Å². The van der Waals surface area contributed by atoms with Crippen LogP contribution in [0.2, 0.25) is 0 Å². The van der Waals surface area contributed by atoms with Crippen molar-refractivity contribution >= 4 is 28.5 Å². The zero-order chi connectivity index (χ0) is 11.0. The molecule has 82 valence electrons. The molecule has 0 spiro atoms. The number of hydrogen-bond donors (Lipinski definition) is 1. The van der Waals surface area contributed by atoms with Crippen LogP contribution in [0.25, 0.3) is 11.0 Å². The Kier molecular flexibility index (Phi) is 2.40. The van der Waals surface area contributed by atoms with Gasteiger partial charge in [-0.05, 0) is 25.0 Å². The molecule has 1 N–H and O–H groups in total. The molecular formula is C12H12ClN3. The Morgan fingerprint density at radius 3 is 2.69 bits per heavy atom. The summed E-state index contributed by atoms with van der Waals surface area (Å²) in [5.41, 5.74) is 1.85. The number of alkyl halides is 1. The quantitative estimate of drug-likeness (QED) is 0.811. The van der Waals surface area contributed by atoms with Gasteiger partial charge in [-0.1, -0.05) is 12.1 Å². The maximum absolute atomic E-state index is 5.93. The van der Waals surface area contributed by atoms with Gasteiger partial charge in [0, 0.05) is 11.4 Å². The monoisotopic (exact) mass is 233 g/mol. The molecule has 3 nitrogen and oxygen atoms in total. The zero-order valence-corrected chi connectivity index (χ0v) is 9.48. The second-order valence-electron chi connectivity index (χ2n) is 4.15. The molecule has 4 heteroatoms. The van der Waals surface area contributed by atoms with E-state index in [0.29, 0.717) is 11.4 Å². The average Bonchev–Trinajstić information content (AvgIpc) is 2.27. The maximum atomic E-state index is 5.93. The predicted octanol–water partition coefficient (Wildman–Crippen LogP) is 2.81. The lowest BCUT2D eigenvalue weighted by Crippen LogP contribution is -2.36. The maximum Gasteiger partial charge on any atom is 0.145 e. The van der Waals surface area contributed by atoms with Crippen molar-refractivity contribution in [1.82, 2.24) is 9.97 Å². The van der Waals surface area contributed by atoms with E-state index in [4.69, 9.17) is 11.6 Å². The van der Waals surface area contributed by atoms with Crippen LogP contribution in [0.15, 0.2) is 30.5 Å². The van der Waals surface area contributed by atoms with Gasteiger partial charge in [0.1, 0.15) is 5.82 Å². The van der Waals surface area contributed by atoms with E-state index in [1.54, 1.807) is 6.20 Å². The van der Waals surface area contributed by atoms with Crippen LogP contribution in [0.5, 0.6) is 0 Å². The normalized spacial score (nSPS) is 24.1. The van der Waals surface area contributed by atoms with Crippen molar-refractivity contribution in [3.05, 3.63) is 30.5 Å². The Morgan fingerprint density at radius 2 is 1.94 bits per heavy atom. The lowest BCUT2D eigenvalue weighted by atomic mass is 9.92. The molecule has 1 aromatic heterocycles. The summed E-state index contributed by atoms with van der Waals surface area (Å²) in [5, 5.41) is 3.67. The van der Waals surface area contributed by atoms with Gasteiger partial charge in [-0.3, -0.25) is 4.98 Å². The minimum atomic E-state index is 0.325. The van der Waals surface area contributed by atoms with Gasteiger partial charge >= 0.3 is 0 Å². The molecular weight excluding hydrogens is 222 g/mol. The molecule has 0 saturated heterocycles. The van der Waals surface area contributed by atoms with Gasteiger partial charge < -0.3 is 5.32 Å². The predicted molar refractivity (Wildman–Crippen MR) is 65.8 cm³/mol. The first-order valence-electron chi connectivity index (χ1n) is 5.43. The summed E-state index contributed by atoms with van der Waals surface area (Å²) < 4.78 is 0. The Hall–Kier alpha value is -1.35. The van der Waals surface area contributed by atoms with E-state index in [1.165, 1.54) is 0 Å². The number of nitrogens with one attached hydrogen (secondary N) is 1. The number of rotatable bonds is 2. The van der Waals surface area contributed by atoms with Crippen molar-refractivity contribution in [3.63, 3.8) is 0 Å². The Bertz CT molecular complexity index is 508. The van der Waals surface area contributed by atoms with Gasteiger partial charge in [-0.25, -0.2) is 4.98 Å². The molecule has 0 bridgehead atoms. The van der Waals surface area contributed by atoms with Gasteiger partial charge in [0.05, 0.1) is 17.2 Å². The summed E-state index contributed by atoms with van der Waals surface area (Å²) in [6.07, 6.45) is 3.80. The Morgan fingerprint density at radius 1 is 1.19 bits per heavy atom. The topological polar surface area (TPSA) is 37.8 Å². The lowest BCUT2D eigenvalue weighted by molar-refractivity contribution is 0.453. The number of para-hydroxylation sites is 2. The summed E-state index contributed by atoms with van der Waals surface area (Å²) >= 11 is 5.93. The Balaban J connectivity index is 1.82. The van der Waals surface area contributed by atoms with Crippen LogP contribution in [0, 0.1) is 0 Å². The number of hydrogen-bond acceptors (Lipinski definition) is 3. The second-order valence-corrected chi connectivity index (χ2v) is 4.77. The number of aromatic nitrogens is 2. The van der Waals surface area contributed by atoms with E-state index >= 15 is 0 Å². The fourth-order valence-electron chi connectivity index (χ4n) is 1.90. The Labute approximate surface area is 98.9 Å². The van der Waals surface area contributed by atoms with Crippen LogP contribution in [-0.2, 0) is 0 Å². The third kappa shape index (κ3) is 1.83. The smallest absolute Gasteiger partial charge is 0.145 e. The zero-order valence-electron chi connectivity index (χ0n) is 8.73. The van der Waals surface area contributed by atoms with E-state index in [9.17, 15) is 0 Å². The molecule has 1 aliphatic carbocycles. The molecule has 0 atom stereocenters. The van der Waals surface area contributed by atoms with Gasteiger partial charge in [-0.2, -0.15) is 0 Å². The molecule has 1 heterocycles. The van der Waals surface area contributed by atoms with Crippen molar-refractivity contribution in [1.29, 1.82) is 0 Å². The highest BCUT2D eigenvalue weighted by molar-refractivity contribution is 6.21. The molecule has 2 aromatic rings. The number of nitrogens with zero attached hydrogens (tertiary/aromatic N) is 2. The molecule has 16 heavy (non-hydrogen) atoms. The molecule has 1 saturated carbocycles. The molecule has 1 fully saturated rings. The molecule has 0 unspecified atom stereocenters. The summed E-state index contributed by atoms with van der Waals surface area (Å²) in [6, 6.07) is 8.33. The van der Waals surface area contributed by atoms with Gasteiger partial charge in [0.25, 0.3) is 0 Å². The first-order valence-corrected chi connectivity index (χ1v) is 5.87. The van der Waals surface area contributed by atoms with Crippen molar-refractivity contribution in [3.8, 4) is 0 Å². The van der Waals surface area contributed by atoms with Crippen molar-refractivity contribution in [2.45, 2.75) is 24.3 Å². The van der Waals surface area contributed by atoms with Crippen LogP contribution >= 0.6 is 11.6 Å². The van der Waals surface area contributed by atoms with Crippen molar-refractivity contribution in [2.24, 2.45) is 0 Å². The van der Waals surface area contributed by atoms with E-state index in [0.717, 1.165) is 29.7 Å². The summed E-state index contributed by atoms with van der Waals surface area (Å²) in [5.74, 6) is 0.840. The molecule has 1 aromatic carbocycles. The number of anilines is 1. The number of fused-ring (bicyclic) bond motifs is 1. The first-order chi connectivity index (χ1) is 7.81. The van der Waals surface area contributed by atoms with Crippen LogP contribution in [0.1, 0.15) is 12.8 Å². The highest BCUT2D eigenvalue weighted by Crippen LogP contribution is 2.28. The molecule has 0 amide bonds. The van der Waals surface area contributed by atoms with E-state index in [1.807, 2.05) is 24.3 Å². The minimum Gasteiger partial charge on any atom is -0.366 e. The molecule has 0 radical (unpaired) electrons.